The first-order valence-corrected chi connectivity index (χ1v) is 9.51. The SMILES string of the molecule is CCCCCCCC=C(Sc1ccccc1)SC(C)C. The molecule has 0 bridgehead atoms. The van der Waals surface area contributed by atoms with Gasteiger partial charge in [0.15, 0.2) is 0 Å². The summed E-state index contributed by atoms with van der Waals surface area (Å²) in [7, 11) is 0. The molecule has 0 aliphatic carbocycles. The molecule has 0 radical (unpaired) electrons. The Balaban J connectivity index is 2.42. The molecule has 0 N–H and O–H groups in total. The van der Waals surface area contributed by atoms with Gasteiger partial charge in [0.2, 0.25) is 0 Å². The Morgan fingerprint density at radius 3 is 2.40 bits per heavy atom. The highest BCUT2D eigenvalue weighted by molar-refractivity contribution is 8.22. The summed E-state index contributed by atoms with van der Waals surface area (Å²) in [6.45, 7) is 6.81. The van der Waals surface area contributed by atoms with E-state index in [0.29, 0.717) is 5.25 Å². The van der Waals surface area contributed by atoms with Crippen LogP contribution in [0.1, 0.15) is 59.3 Å². The van der Waals surface area contributed by atoms with Crippen molar-refractivity contribution in [2.75, 3.05) is 0 Å². The maximum absolute atomic E-state index is 2.44. The van der Waals surface area contributed by atoms with Gasteiger partial charge >= 0.3 is 0 Å². The average Bonchev–Trinajstić information content (AvgIpc) is 2.43. The number of hydrogen-bond donors (Lipinski definition) is 0. The van der Waals surface area contributed by atoms with Crippen LogP contribution in [0, 0.1) is 0 Å². The summed E-state index contributed by atoms with van der Waals surface area (Å²) in [5.74, 6) is 0. The van der Waals surface area contributed by atoms with Gasteiger partial charge in [0.1, 0.15) is 0 Å². The van der Waals surface area contributed by atoms with E-state index in [1.165, 1.54) is 47.7 Å². The van der Waals surface area contributed by atoms with Crippen molar-refractivity contribution in [2.45, 2.75) is 69.4 Å². The quantitative estimate of drug-likeness (QED) is 0.333. The van der Waals surface area contributed by atoms with Crippen molar-refractivity contribution in [3.8, 4) is 0 Å². The van der Waals surface area contributed by atoms with Gasteiger partial charge in [-0.25, -0.2) is 0 Å². The molecule has 1 aromatic carbocycles. The van der Waals surface area contributed by atoms with Gasteiger partial charge in [-0.1, -0.05) is 82.5 Å². The molecular weight excluding hydrogens is 280 g/mol. The third-order valence-corrected chi connectivity index (χ3v) is 5.22. The predicted molar refractivity (Wildman–Crippen MR) is 96.5 cm³/mol. The lowest BCUT2D eigenvalue weighted by Gasteiger charge is -2.10. The van der Waals surface area contributed by atoms with Crippen molar-refractivity contribution < 1.29 is 0 Å². The van der Waals surface area contributed by atoms with Crippen molar-refractivity contribution in [2.24, 2.45) is 0 Å². The van der Waals surface area contributed by atoms with E-state index in [1.54, 1.807) is 0 Å². The lowest BCUT2D eigenvalue weighted by molar-refractivity contribution is 0.637. The molecule has 0 saturated heterocycles. The molecule has 0 aliphatic heterocycles. The molecule has 0 spiro atoms. The second-order valence-corrected chi connectivity index (χ2v) is 8.30. The summed E-state index contributed by atoms with van der Waals surface area (Å²) >= 11 is 3.90. The van der Waals surface area contributed by atoms with Gasteiger partial charge in [0, 0.05) is 14.4 Å². The van der Waals surface area contributed by atoms with E-state index in [-0.39, 0.29) is 0 Å². The molecule has 0 aliphatic rings. The molecule has 1 rings (SSSR count). The van der Waals surface area contributed by atoms with Crippen LogP contribution in [0.15, 0.2) is 45.5 Å². The van der Waals surface area contributed by atoms with E-state index in [2.05, 4.69) is 57.2 Å². The minimum atomic E-state index is 0.651. The molecule has 2 heteroatoms. The fraction of sp³-hybridized carbons (Fsp3) is 0.556. The van der Waals surface area contributed by atoms with Crippen molar-refractivity contribution in [3.63, 3.8) is 0 Å². The van der Waals surface area contributed by atoms with Gasteiger partial charge in [-0.3, -0.25) is 0 Å². The molecule has 0 atom stereocenters. The van der Waals surface area contributed by atoms with Crippen LogP contribution in [-0.4, -0.2) is 5.25 Å². The number of rotatable bonds is 10. The number of unbranched alkanes of at least 4 members (excludes halogenated alkanes) is 5. The van der Waals surface area contributed by atoms with E-state index >= 15 is 0 Å². The zero-order valence-electron chi connectivity index (χ0n) is 13.1. The molecule has 20 heavy (non-hydrogen) atoms. The lowest BCUT2D eigenvalue weighted by atomic mass is 10.1. The molecule has 0 nitrogen and oxygen atoms in total. The molecular formula is C18H28S2. The summed E-state index contributed by atoms with van der Waals surface area (Å²) in [4.78, 5) is 1.35. The highest BCUT2D eigenvalue weighted by Gasteiger charge is 2.04. The van der Waals surface area contributed by atoms with Gasteiger partial charge in [0.25, 0.3) is 0 Å². The molecule has 0 aromatic heterocycles. The van der Waals surface area contributed by atoms with Crippen LogP contribution < -0.4 is 0 Å². The van der Waals surface area contributed by atoms with Crippen molar-refractivity contribution in [3.05, 3.63) is 40.6 Å². The van der Waals surface area contributed by atoms with Crippen molar-refractivity contribution in [1.29, 1.82) is 0 Å². The van der Waals surface area contributed by atoms with Crippen LogP contribution in [0.5, 0.6) is 0 Å². The van der Waals surface area contributed by atoms with Crippen molar-refractivity contribution >= 4 is 23.5 Å². The first kappa shape index (κ1) is 17.7. The summed E-state index contributed by atoms with van der Waals surface area (Å²) in [6, 6.07) is 10.7. The number of benzene rings is 1. The molecule has 0 saturated carbocycles. The molecule has 0 heterocycles. The highest BCUT2D eigenvalue weighted by atomic mass is 32.2. The Labute approximate surface area is 133 Å². The molecule has 112 valence electrons. The zero-order chi connectivity index (χ0) is 14.6. The van der Waals surface area contributed by atoms with E-state index in [9.17, 15) is 0 Å². The van der Waals surface area contributed by atoms with Crippen LogP contribution >= 0.6 is 23.5 Å². The Morgan fingerprint density at radius 1 is 1.05 bits per heavy atom. The zero-order valence-corrected chi connectivity index (χ0v) is 14.7. The lowest BCUT2D eigenvalue weighted by Crippen LogP contribution is -1.86. The average molecular weight is 309 g/mol. The number of thioether (sulfide) groups is 2. The first-order valence-electron chi connectivity index (χ1n) is 7.82. The second-order valence-electron chi connectivity index (χ2n) is 5.31. The van der Waals surface area contributed by atoms with Gasteiger partial charge in [-0.2, -0.15) is 0 Å². The second kappa shape index (κ2) is 11.3. The van der Waals surface area contributed by atoms with Crippen LogP contribution in [0.3, 0.4) is 0 Å². The third kappa shape index (κ3) is 8.76. The Kier molecular flexibility index (Phi) is 10.0. The highest BCUT2D eigenvalue weighted by Crippen LogP contribution is 2.37. The van der Waals surface area contributed by atoms with E-state index in [4.69, 9.17) is 0 Å². The number of allylic oxidation sites excluding steroid dienone is 1. The standard InChI is InChI=1S/C18H28S2/c1-4-5-6-7-8-12-15-18(19-16(2)3)20-17-13-10-9-11-14-17/h9-11,13-16H,4-8,12H2,1-3H3. The molecule has 0 fully saturated rings. The summed E-state index contributed by atoms with van der Waals surface area (Å²) in [6.07, 6.45) is 10.5. The van der Waals surface area contributed by atoms with Crippen LogP contribution in [0.4, 0.5) is 0 Å². The van der Waals surface area contributed by atoms with E-state index in [0.717, 1.165) is 0 Å². The first-order chi connectivity index (χ1) is 9.72. The summed E-state index contributed by atoms with van der Waals surface area (Å²) in [5, 5.41) is 0.651. The predicted octanol–water partition coefficient (Wildman–Crippen LogP) is 7.12. The summed E-state index contributed by atoms with van der Waals surface area (Å²) < 4.78 is 1.46. The molecule has 1 aromatic rings. The largest absolute Gasteiger partial charge is 0.116 e. The van der Waals surface area contributed by atoms with Crippen LogP contribution in [-0.2, 0) is 0 Å². The van der Waals surface area contributed by atoms with Gasteiger partial charge in [0.05, 0.1) is 0 Å². The monoisotopic (exact) mass is 308 g/mol. The van der Waals surface area contributed by atoms with Crippen molar-refractivity contribution in [1.82, 2.24) is 0 Å². The van der Waals surface area contributed by atoms with Crippen LogP contribution in [0.2, 0.25) is 0 Å². The third-order valence-electron chi connectivity index (χ3n) is 2.93. The number of hydrogen-bond acceptors (Lipinski definition) is 2. The normalized spacial score (nSPS) is 12.1. The topological polar surface area (TPSA) is 0 Å². The minimum absolute atomic E-state index is 0.651. The maximum atomic E-state index is 2.44. The van der Waals surface area contributed by atoms with E-state index < -0.39 is 0 Å². The van der Waals surface area contributed by atoms with Gasteiger partial charge in [-0.15, -0.1) is 11.8 Å². The summed E-state index contributed by atoms with van der Waals surface area (Å²) in [5.41, 5.74) is 0. The minimum Gasteiger partial charge on any atom is -0.116 e. The maximum Gasteiger partial charge on any atom is 0.0412 e. The van der Waals surface area contributed by atoms with Gasteiger partial charge < -0.3 is 0 Å². The smallest absolute Gasteiger partial charge is 0.0412 e. The van der Waals surface area contributed by atoms with E-state index in [1.807, 2.05) is 23.5 Å². The Hall–Kier alpha value is -0.340. The molecule has 0 amide bonds. The van der Waals surface area contributed by atoms with Crippen LogP contribution in [0.25, 0.3) is 0 Å². The fourth-order valence-corrected chi connectivity index (χ4v) is 4.38. The Morgan fingerprint density at radius 2 is 1.75 bits per heavy atom. The Bertz CT molecular complexity index is 368. The fourth-order valence-electron chi connectivity index (χ4n) is 1.92. The molecule has 0 unspecified atom stereocenters. The van der Waals surface area contributed by atoms with Gasteiger partial charge in [-0.05, 0) is 25.0 Å².